The molecule has 0 radical (unpaired) electrons. The average Bonchev–Trinajstić information content (AvgIpc) is 2.61. The number of halogens is 1. The number of benzene rings is 1. The van der Waals surface area contributed by atoms with Crippen LogP contribution in [0.25, 0.3) is 0 Å². The summed E-state index contributed by atoms with van der Waals surface area (Å²) in [6.45, 7) is 0.512. The van der Waals surface area contributed by atoms with E-state index in [0.717, 1.165) is 25.7 Å². The van der Waals surface area contributed by atoms with Gasteiger partial charge in [0, 0.05) is 13.0 Å². The van der Waals surface area contributed by atoms with Gasteiger partial charge in [-0.3, -0.25) is 9.59 Å². The van der Waals surface area contributed by atoms with Crippen molar-refractivity contribution in [3.05, 3.63) is 30.1 Å². The number of para-hydroxylation sites is 1. The Bertz CT molecular complexity index is 559. The molecule has 2 amide bonds. The van der Waals surface area contributed by atoms with Gasteiger partial charge < -0.3 is 15.0 Å². The zero-order valence-electron chi connectivity index (χ0n) is 14.1. The summed E-state index contributed by atoms with van der Waals surface area (Å²) in [6.07, 6.45) is 5.17. The Balaban J connectivity index is 1.66. The predicted molar refractivity (Wildman–Crippen MR) is 89.1 cm³/mol. The lowest BCUT2D eigenvalue weighted by atomic mass is 9.89. The molecule has 0 saturated heterocycles. The van der Waals surface area contributed by atoms with Gasteiger partial charge in [0.1, 0.15) is 6.61 Å². The zero-order valence-corrected chi connectivity index (χ0v) is 14.1. The predicted octanol–water partition coefficient (Wildman–Crippen LogP) is 2.36. The minimum absolute atomic E-state index is 0.00840. The van der Waals surface area contributed by atoms with Crippen LogP contribution in [0.5, 0.6) is 5.75 Å². The van der Waals surface area contributed by atoms with Gasteiger partial charge in [0.25, 0.3) is 0 Å². The molecule has 1 N–H and O–H groups in total. The highest BCUT2D eigenvalue weighted by Gasteiger charge is 2.21. The zero-order chi connectivity index (χ0) is 17.4. The lowest BCUT2D eigenvalue weighted by molar-refractivity contribution is -0.133. The van der Waals surface area contributed by atoms with Crippen molar-refractivity contribution >= 4 is 11.8 Å². The second-order valence-corrected chi connectivity index (χ2v) is 6.15. The first-order valence-electron chi connectivity index (χ1n) is 8.47. The summed E-state index contributed by atoms with van der Waals surface area (Å²) < 4.78 is 18.7. The Labute approximate surface area is 142 Å². The van der Waals surface area contributed by atoms with Crippen molar-refractivity contribution in [3.8, 4) is 5.75 Å². The van der Waals surface area contributed by atoms with E-state index in [1.54, 1.807) is 25.2 Å². The minimum Gasteiger partial charge on any atom is -0.489 e. The van der Waals surface area contributed by atoms with Crippen LogP contribution in [0.2, 0.25) is 0 Å². The molecule has 0 atom stereocenters. The van der Waals surface area contributed by atoms with Crippen LogP contribution in [-0.4, -0.2) is 43.5 Å². The van der Waals surface area contributed by atoms with Gasteiger partial charge >= 0.3 is 0 Å². The molecule has 1 aliphatic rings. The van der Waals surface area contributed by atoms with E-state index in [4.69, 9.17) is 4.74 Å². The number of ether oxygens (including phenoxy) is 1. The van der Waals surface area contributed by atoms with Crippen molar-refractivity contribution in [2.45, 2.75) is 32.1 Å². The number of amides is 2. The molecule has 0 spiro atoms. The van der Waals surface area contributed by atoms with Crippen molar-refractivity contribution in [2.24, 2.45) is 5.92 Å². The highest BCUT2D eigenvalue weighted by atomic mass is 19.1. The van der Waals surface area contributed by atoms with Crippen molar-refractivity contribution in [2.75, 3.05) is 26.7 Å². The largest absolute Gasteiger partial charge is 0.489 e. The summed E-state index contributed by atoms with van der Waals surface area (Å²) in [7, 11) is 1.64. The molecular formula is C18H25FN2O3. The van der Waals surface area contributed by atoms with Gasteiger partial charge in [-0.25, -0.2) is 4.39 Å². The van der Waals surface area contributed by atoms with Crippen LogP contribution in [0.3, 0.4) is 0 Å². The van der Waals surface area contributed by atoms with Crippen LogP contribution in [0.15, 0.2) is 24.3 Å². The molecule has 132 valence electrons. The van der Waals surface area contributed by atoms with E-state index >= 15 is 0 Å². The number of nitrogens with one attached hydrogen (secondary N) is 1. The monoisotopic (exact) mass is 336 g/mol. The second-order valence-electron chi connectivity index (χ2n) is 6.15. The molecule has 0 unspecified atom stereocenters. The number of carbonyl (C=O) groups is 2. The number of hydrogen-bond donors (Lipinski definition) is 1. The summed E-state index contributed by atoms with van der Waals surface area (Å²) in [5.74, 6) is -0.424. The van der Waals surface area contributed by atoms with Crippen LogP contribution in [0, 0.1) is 11.7 Å². The molecule has 1 aromatic carbocycles. The third-order valence-electron chi connectivity index (χ3n) is 4.34. The molecule has 2 rings (SSSR count). The first-order chi connectivity index (χ1) is 11.6. The van der Waals surface area contributed by atoms with Crippen molar-refractivity contribution in [3.63, 3.8) is 0 Å². The van der Waals surface area contributed by atoms with Crippen molar-refractivity contribution < 1.29 is 18.7 Å². The Morgan fingerprint density at radius 1 is 1.25 bits per heavy atom. The van der Waals surface area contributed by atoms with Crippen LogP contribution in [0.1, 0.15) is 32.1 Å². The highest BCUT2D eigenvalue weighted by molar-refractivity contribution is 5.85. The highest BCUT2D eigenvalue weighted by Crippen LogP contribution is 2.23. The maximum Gasteiger partial charge on any atom is 0.241 e. The van der Waals surface area contributed by atoms with E-state index in [9.17, 15) is 14.0 Å². The van der Waals surface area contributed by atoms with Gasteiger partial charge in [-0.15, -0.1) is 0 Å². The molecule has 1 aromatic rings. The number of rotatable bonds is 7. The second kappa shape index (κ2) is 9.25. The molecule has 5 nitrogen and oxygen atoms in total. The molecule has 1 fully saturated rings. The van der Waals surface area contributed by atoms with Crippen molar-refractivity contribution in [1.29, 1.82) is 0 Å². The Hall–Kier alpha value is -2.11. The fourth-order valence-electron chi connectivity index (χ4n) is 2.79. The molecule has 6 heteroatoms. The Kier molecular flexibility index (Phi) is 7.03. The number of likely N-dealkylation sites (N-methyl/N-ethyl adjacent to an activating group) is 1. The SMILES string of the molecule is CN(CCOc1ccccc1F)C(=O)CNC(=O)C1CCCCC1. The van der Waals surface area contributed by atoms with E-state index in [0.29, 0.717) is 6.54 Å². The number of nitrogens with zero attached hydrogens (tertiary/aromatic N) is 1. The lowest BCUT2D eigenvalue weighted by Crippen LogP contribution is -2.42. The normalized spacial score (nSPS) is 14.9. The molecule has 0 aromatic heterocycles. The van der Waals surface area contributed by atoms with Gasteiger partial charge in [0.15, 0.2) is 11.6 Å². The van der Waals surface area contributed by atoms with Gasteiger partial charge in [-0.2, -0.15) is 0 Å². The van der Waals surface area contributed by atoms with Crippen LogP contribution in [-0.2, 0) is 9.59 Å². The first kappa shape index (κ1) is 18.2. The maximum atomic E-state index is 13.4. The van der Waals surface area contributed by atoms with Gasteiger partial charge in [0.05, 0.1) is 13.1 Å². The minimum atomic E-state index is -0.425. The van der Waals surface area contributed by atoms with E-state index < -0.39 is 5.82 Å². The summed E-state index contributed by atoms with van der Waals surface area (Å²) >= 11 is 0. The lowest BCUT2D eigenvalue weighted by Gasteiger charge is -2.22. The molecule has 24 heavy (non-hydrogen) atoms. The fourth-order valence-corrected chi connectivity index (χ4v) is 2.79. The Morgan fingerprint density at radius 3 is 2.67 bits per heavy atom. The van der Waals surface area contributed by atoms with Crippen LogP contribution >= 0.6 is 0 Å². The molecule has 0 bridgehead atoms. The Morgan fingerprint density at radius 2 is 1.96 bits per heavy atom. The smallest absolute Gasteiger partial charge is 0.241 e. The molecule has 1 saturated carbocycles. The van der Waals surface area contributed by atoms with Gasteiger partial charge in [-0.1, -0.05) is 31.4 Å². The quantitative estimate of drug-likeness (QED) is 0.831. The number of hydrogen-bond acceptors (Lipinski definition) is 3. The van der Waals surface area contributed by atoms with Crippen LogP contribution in [0.4, 0.5) is 4.39 Å². The summed E-state index contributed by atoms with van der Waals surface area (Å²) in [5, 5.41) is 2.72. The van der Waals surface area contributed by atoms with Gasteiger partial charge in [-0.05, 0) is 25.0 Å². The molecule has 1 aliphatic carbocycles. The number of carbonyl (C=O) groups excluding carboxylic acids is 2. The fraction of sp³-hybridized carbons (Fsp3) is 0.556. The van der Waals surface area contributed by atoms with Crippen molar-refractivity contribution in [1.82, 2.24) is 10.2 Å². The van der Waals surface area contributed by atoms with E-state index in [2.05, 4.69) is 5.32 Å². The standard InChI is InChI=1S/C18H25FN2O3/c1-21(11-12-24-16-10-6-5-9-15(16)19)17(22)13-20-18(23)14-7-3-2-4-8-14/h5-6,9-10,14H,2-4,7-8,11-13H2,1H3,(H,20,23). The molecule has 0 aliphatic heterocycles. The topological polar surface area (TPSA) is 58.6 Å². The third kappa shape index (κ3) is 5.51. The van der Waals surface area contributed by atoms with E-state index in [-0.39, 0.29) is 36.6 Å². The van der Waals surface area contributed by atoms with E-state index in [1.165, 1.54) is 17.4 Å². The summed E-state index contributed by atoms with van der Waals surface area (Å²) in [5.41, 5.74) is 0. The van der Waals surface area contributed by atoms with Gasteiger partial charge in [0.2, 0.25) is 11.8 Å². The average molecular weight is 336 g/mol. The molecular weight excluding hydrogens is 311 g/mol. The van der Waals surface area contributed by atoms with Crippen LogP contribution < -0.4 is 10.1 Å². The third-order valence-corrected chi connectivity index (χ3v) is 4.34. The summed E-state index contributed by atoms with van der Waals surface area (Å²) in [4.78, 5) is 25.5. The van der Waals surface area contributed by atoms with E-state index in [1.807, 2.05) is 0 Å². The maximum absolute atomic E-state index is 13.4. The molecule has 0 heterocycles. The first-order valence-corrected chi connectivity index (χ1v) is 8.47. The summed E-state index contributed by atoms with van der Waals surface area (Å²) in [6, 6.07) is 6.15.